The third kappa shape index (κ3) is 3.17. The van der Waals surface area contributed by atoms with Gasteiger partial charge in [-0.2, -0.15) is 0 Å². The molecule has 1 N–H and O–H groups in total. The van der Waals surface area contributed by atoms with Gasteiger partial charge in [-0.15, -0.1) is 0 Å². The van der Waals surface area contributed by atoms with E-state index in [-0.39, 0.29) is 5.91 Å². The first-order valence-electron chi connectivity index (χ1n) is 7.96. The molecular weight excluding hydrogens is 302 g/mol. The van der Waals surface area contributed by atoms with Crippen molar-refractivity contribution in [3.63, 3.8) is 0 Å². The maximum atomic E-state index is 12.4. The van der Waals surface area contributed by atoms with Gasteiger partial charge in [0.1, 0.15) is 5.69 Å². The fourth-order valence-electron chi connectivity index (χ4n) is 2.54. The number of benzene rings is 1. The molecule has 6 heteroatoms. The highest BCUT2D eigenvalue weighted by atomic mass is 16.2. The second kappa shape index (κ2) is 7.04. The fourth-order valence-corrected chi connectivity index (χ4v) is 2.54. The van der Waals surface area contributed by atoms with Crippen LogP contribution in [0.2, 0.25) is 0 Å². The van der Waals surface area contributed by atoms with Crippen molar-refractivity contribution in [1.29, 1.82) is 0 Å². The minimum absolute atomic E-state index is 0.0958. The minimum Gasteiger partial charge on any atom is -0.338 e. The molecule has 0 bridgehead atoms. The van der Waals surface area contributed by atoms with Crippen LogP contribution in [-0.2, 0) is 0 Å². The molecule has 3 rings (SSSR count). The Morgan fingerprint density at radius 3 is 2.62 bits per heavy atom. The molecule has 122 valence electrons. The highest BCUT2D eigenvalue weighted by Crippen LogP contribution is 2.23. The molecule has 0 saturated heterocycles. The Bertz CT molecular complexity index is 855. The molecule has 0 radical (unpaired) electrons. The zero-order chi connectivity index (χ0) is 16.9. The first-order chi connectivity index (χ1) is 11.7. The normalized spacial score (nSPS) is 10.6. The largest absolute Gasteiger partial charge is 0.338 e. The minimum atomic E-state index is -0.0958. The molecule has 24 heavy (non-hydrogen) atoms. The molecule has 0 fully saturated rings. The maximum absolute atomic E-state index is 12.4. The van der Waals surface area contributed by atoms with Gasteiger partial charge in [0.05, 0.1) is 11.2 Å². The number of rotatable bonds is 5. The first-order valence-corrected chi connectivity index (χ1v) is 7.96. The summed E-state index contributed by atoms with van der Waals surface area (Å²) in [4.78, 5) is 27.1. The van der Waals surface area contributed by atoms with Crippen LogP contribution < -0.4 is 5.32 Å². The van der Waals surface area contributed by atoms with Gasteiger partial charge in [0.15, 0.2) is 0 Å². The number of fused-ring (bicyclic) bond motifs is 1. The lowest BCUT2D eigenvalue weighted by Crippen LogP contribution is -2.31. The monoisotopic (exact) mass is 321 g/mol. The lowest BCUT2D eigenvalue weighted by Gasteiger charge is -2.18. The predicted octanol–water partition coefficient (Wildman–Crippen LogP) is 3.25. The molecule has 0 unspecified atom stereocenters. The standard InChI is InChI=1S/C18H19N5O/c1-3-23(4-2)17(24)15-10-12-20-18(22-15)21-14-9-5-7-13-8-6-11-19-16(13)14/h5-12H,3-4H2,1-2H3,(H,20,21,22). The number of para-hydroxylation sites is 1. The summed E-state index contributed by atoms with van der Waals surface area (Å²) in [6.07, 6.45) is 3.33. The van der Waals surface area contributed by atoms with Crippen LogP contribution >= 0.6 is 0 Å². The van der Waals surface area contributed by atoms with Crippen LogP contribution in [-0.4, -0.2) is 38.8 Å². The Morgan fingerprint density at radius 1 is 1.04 bits per heavy atom. The Balaban J connectivity index is 1.91. The topological polar surface area (TPSA) is 71.0 Å². The molecule has 0 spiro atoms. The molecule has 0 aliphatic heterocycles. The number of hydrogen-bond donors (Lipinski definition) is 1. The van der Waals surface area contributed by atoms with Crippen molar-refractivity contribution >= 4 is 28.4 Å². The van der Waals surface area contributed by atoms with Crippen LogP contribution in [0.3, 0.4) is 0 Å². The summed E-state index contributed by atoms with van der Waals surface area (Å²) in [6, 6.07) is 11.4. The van der Waals surface area contributed by atoms with E-state index in [1.54, 1.807) is 23.4 Å². The summed E-state index contributed by atoms with van der Waals surface area (Å²) in [6.45, 7) is 5.19. The maximum Gasteiger partial charge on any atom is 0.272 e. The number of nitrogens with one attached hydrogen (secondary N) is 1. The van der Waals surface area contributed by atoms with Crippen molar-refractivity contribution in [2.24, 2.45) is 0 Å². The number of nitrogens with zero attached hydrogens (tertiary/aromatic N) is 4. The van der Waals surface area contributed by atoms with E-state index in [1.165, 1.54) is 0 Å². The van der Waals surface area contributed by atoms with E-state index in [9.17, 15) is 4.79 Å². The Hall–Kier alpha value is -3.02. The SMILES string of the molecule is CCN(CC)C(=O)c1ccnc(Nc2cccc3cccnc23)n1. The van der Waals surface area contributed by atoms with Crippen LogP contribution in [0.25, 0.3) is 10.9 Å². The van der Waals surface area contributed by atoms with Crippen LogP contribution in [0.4, 0.5) is 11.6 Å². The van der Waals surface area contributed by atoms with Crippen molar-refractivity contribution in [1.82, 2.24) is 19.9 Å². The molecule has 0 aliphatic carbocycles. The summed E-state index contributed by atoms with van der Waals surface area (Å²) >= 11 is 0. The van der Waals surface area contributed by atoms with E-state index in [0.717, 1.165) is 16.6 Å². The van der Waals surface area contributed by atoms with E-state index < -0.39 is 0 Å². The number of carbonyl (C=O) groups excluding carboxylic acids is 1. The smallest absolute Gasteiger partial charge is 0.272 e. The zero-order valence-corrected chi connectivity index (χ0v) is 13.7. The second-order valence-corrected chi connectivity index (χ2v) is 5.25. The lowest BCUT2D eigenvalue weighted by molar-refractivity contribution is 0.0767. The first kappa shape index (κ1) is 15.9. The van der Waals surface area contributed by atoms with Crippen molar-refractivity contribution in [3.8, 4) is 0 Å². The summed E-state index contributed by atoms with van der Waals surface area (Å²) in [5.41, 5.74) is 2.02. The lowest BCUT2D eigenvalue weighted by atomic mass is 10.2. The van der Waals surface area contributed by atoms with Crippen molar-refractivity contribution in [2.75, 3.05) is 18.4 Å². The Labute approximate surface area is 140 Å². The number of pyridine rings is 1. The predicted molar refractivity (Wildman–Crippen MR) is 94.3 cm³/mol. The molecule has 0 aliphatic rings. The van der Waals surface area contributed by atoms with Gasteiger partial charge in [-0.3, -0.25) is 9.78 Å². The van der Waals surface area contributed by atoms with Gasteiger partial charge in [0, 0.05) is 30.9 Å². The van der Waals surface area contributed by atoms with Gasteiger partial charge in [0.2, 0.25) is 5.95 Å². The molecular formula is C18H19N5O. The number of carbonyl (C=O) groups is 1. The molecule has 0 atom stereocenters. The van der Waals surface area contributed by atoms with Crippen LogP contribution in [0.15, 0.2) is 48.8 Å². The highest BCUT2D eigenvalue weighted by molar-refractivity contribution is 5.93. The van der Waals surface area contributed by atoms with Crippen LogP contribution in [0.1, 0.15) is 24.3 Å². The summed E-state index contributed by atoms with van der Waals surface area (Å²) in [5.74, 6) is 0.285. The molecule has 2 aromatic heterocycles. The van der Waals surface area contributed by atoms with Gasteiger partial charge >= 0.3 is 0 Å². The Morgan fingerprint density at radius 2 is 1.83 bits per heavy atom. The summed E-state index contributed by atoms with van der Waals surface area (Å²) in [5, 5.41) is 4.19. The Kier molecular flexibility index (Phi) is 4.65. The van der Waals surface area contributed by atoms with Crippen molar-refractivity contribution < 1.29 is 4.79 Å². The van der Waals surface area contributed by atoms with E-state index in [1.807, 2.05) is 44.2 Å². The molecule has 3 aromatic rings. The quantitative estimate of drug-likeness (QED) is 0.781. The van der Waals surface area contributed by atoms with E-state index in [0.29, 0.717) is 24.7 Å². The summed E-state index contributed by atoms with van der Waals surface area (Å²) in [7, 11) is 0. The number of aromatic nitrogens is 3. The third-order valence-electron chi connectivity index (χ3n) is 3.80. The van der Waals surface area contributed by atoms with Gasteiger partial charge in [-0.1, -0.05) is 18.2 Å². The molecule has 1 amide bonds. The third-order valence-corrected chi connectivity index (χ3v) is 3.80. The molecule has 0 saturated carbocycles. The average Bonchev–Trinajstić information content (AvgIpc) is 2.63. The van der Waals surface area contributed by atoms with Crippen LogP contribution in [0, 0.1) is 0 Å². The highest BCUT2D eigenvalue weighted by Gasteiger charge is 2.15. The van der Waals surface area contributed by atoms with Crippen molar-refractivity contribution in [3.05, 3.63) is 54.5 Å². The molecule has 6 nitrogen and oxygen atoms in total. The van der Waals surface area contributed by atoms with Gasteiger partial charge in [-0.25, -0.2) is 9.97 Å². The van der Waals surface area contributed by atoms with Crippen LogP contribution in [0.5, 0.6) is 0 Å². The van der Waals surface area contributed by atoms with Gasteiger partial charge in [-0.05, 0) is 32.0 Å². The van der Waals surface area contributed by atoms with E-state index in [2.05, 4.69) is 20.3 Å². The number of anilines is 2. The number of amides is 1. The van der Waals surface area contributed by atoms with Crippen molar-refractivity contribution in [2.45, 2.75) is 13.8 Å². The van der Waals surface area contributed by atoms with E-state index >= 15 is 0 Å². The fraction of sp³-hybridized carbons (Fsp3) is 0.222. The zero-order valence-electron chi connectivity index (χ0n) is 13.7. The molecule has 1 aromatic carbocycles. The van der Waals surface area contributed by atoms with E-state index in [4.69, 9.17) is 0 Å². The van der Waals surface area contributed by atoms with Gasteiger partial charge in [0.25, 0.3) is 5.91 Å². The average molecular weight is 321 g/mol. The summed E-state index contributed by atoms with van der Waals surface area (Å²) < 4.78 is 0. The molecule has 2 heterocycles. The number of hydrogen-bond acceptors (Lipinski definition) is 5. The second-order valence-electron chi connectivity index (χ2n) is 5.25. The van der Waals surface area contributed by atoms with Gasteiger partial charge < -0.3 is 10.2 Å².